The van der Waals surface area contributed by atoms with Crippen molar-refractivity contribution < 1.29 is 28.2 Å². The fourth-order valence-electron chi connectivity index (χ4n) is 2.26. The number of carbonyl (C=O) groups excluding carboxylic acids is 2. The molecule has 0 spiro atoms. The maximum atomic E-state index is 13.2. The van der Waals surface area contributed by atoms with E-state index < -0.39 is 23.8 Å². The Morgan fingerprint density at radius 1 is 1.07 bits per heavy atom. The Labute approximate surface area is 163 Å². The van der Waals surface area contributed by atoms with Crippen LogP contribution in [0.1, 0.15) is 31.1 Å². The third-order valence-electron chi connectivity index (χ3n) is 3.72. The Balaban J connectivity index is 2.01. The van der Waals surface area contributed by atoms with Crippen molar-refractivity contribution in [3.63, 3.8) is 0 Å². The number of esters is 1. The third-order valence-corrected chi connectivity index (χ3v) is 3.72. The fourth-order valence-corrected chi connectivity index (χ4v) is 2.26. The van der Waals surface area contributed by atoms with Crippen molar-refractivity contribution in [3.8, 4) is 11.5 Å². The molecule has 1 N–H and O–H groups in total. The van der Waals surface area contributed by atoms with E-state index in [-0.39, 0.29) is 11.3 Å². The van der Waals surface area contributed by atoms with Crippen molar-refractivity contribution in [2.75, 3.05) is 19.0 Å². The maximum Gasteiger partial charge on any atom is 0.339 e. The molecule has 6 nitrogen and oxygen atoms in total. The van der Waals surface area contributed by atoms with Gasteiger partial charge < -0.3 is 19.5 Å². The average molecular weight is 389 g/mol. The second-order valence-corrected chi connectivity index (χ2v) is 6.62. The van der Waals surface area contributed by atoms with Crippen LogP contribution in [0.2, 0.25) is 0 Å². The molecule has 2 aromatic carbocycles. The van der Waals surface area contributed by atoms with E-state index in [2.05, 4.69) is 5.32 Å². The average Bonchev–Trinajstić information content (AvgIpc) is 2.65. The van der Waals surface area contributed by atoms with Crippen molar-refractivity contribution in [1.82, 2.24) is 0 Å². The molecule has 0 radical (unpaired) electrons. The van der Waals surface area contributed by atoms with E-state index in [9.17, 15) is 14.0 Å². The first-order valence-electron chi connectivity index (χ1n) is 8.88. The number of hydrogen-bond donors (Lipinski definition) is 1. The van der Waals surface area contributed by atoms with E-state index >= 15 is 0 Å². The van der Waals surface area contributed by atoms with E-state index in [1.54, 1.807) is 6.07 Å². The molecule has 0 saturated carbocycles. The van der Waals surface area contributed by atoms with Crippen LogP contribution in [0.3, 0.4) is 0 Å². The molecule has 0 unspecified atom stereocenters. The van der Waals surface area contributed by atoms with Crippen molar-refractivity contribution in [3.05, 3.63) is 53.8 Å². The number of amides is 1. The van der Waals surface area contributed by atoms with Crippen LogP contribution in [0.4, 0.5) is 10.1 Å². The summed E-state index contributed by atoms with van der Waals surface area (Å²) in [7, 11) is 1.47. The molecule has 7 heteroatoms. The molecule has 0 aliphatic carbocycles. The van der Waals surface area contributed by atoms with Crippen LogP contribution in [0.15, 0.2) is 42.5 Å². The van der Waals surface area contributed by atoms with Gasteiger partial charge in [-0.2, -0.15) is 0 Å². The normalized spacial score (nSPS) is 11.6. The number of halogens is 1. The highest BCUT2D eigenvalue weighted by Gasteiger charge is 2.20. The van der Waals surface area contributed by atoms with Gasteiger partial charge in [-0.05, 0) is 49.2 Å². The van der Waals surface area contributed by atoms with Gasteiger partial charge in [-0.1, -0.05) is 19.9 Å². The highest BCUT2D eigenvalue weighted by atomic mass is 19.1. The van der Waals surface area contributed by atoms with Gasteiger partial charge in [0.05, 0.1) is 19.3 Å². The quantitative estimate of drug-likeness (QED) is 0.690. The number of benzene rings is 2. The maximum absolute atomic E-state index is 13.2. The molecule has 0 heterocycles. The molecular weight excluding hydrogens is 365 g/mol. The third kappa shape index (κ3) is 5.97. The molecule has 0 saturated heterocycles. The van der Waals surface area contributed by atoms with Crippen molar-refractivity contribution in [2.45, 2.75) is 26.9 Å². The lowest BCUT2D eigenvalue weighted by Gasteiger charge is -2.15. The Bertz CT molecular complexity index is 837. The minimum absolute atomic E-state index is 0.221. The summed E-state index contributed by atoms with van der Waals surface area (Å²) in [4.78, 5) is 24.5. The molecule has 150 valence electrons. The number of nitrogens with one attached hydrogen (secondary N) is 1. The molecular formula is C21H24FNO5. The zero-order valence-corrected chi connectivity index (χ0v) is 16.3. The van der Waals surface area contributed by atoms with Crippen LogP contribution in [0.25, 0.3) is 0 Å². The minimum Gasteiger partial charge on any atom is -0.493 e. The van der Waals surface area contributed by atoms with Gasteiger partial charge in [0.2, 0.25) is 0 Å². The van der Waals surface area contributed by atoms with E-state index in [0.717, 1.165) is 0 Å². The van der Waals surface area contributed by atoms with Gasteiger partial charge in [0.1, 0.15) is 5.82 Å². The lowest BCUT2D eigenvalue weighted by atomic mass is 10.2. The first-order valence-corrected chi connectivity index (χ1v) is 8.88. The number of anilines is 1. The summed E-state index contributed by atoms with van der Waals surface area (Å²) < 4.78 is 29.3. The van der Waals surface area contributed by atoms with Crippen LogP contribution in [0, 0.1) is 11.7 Å². The van der Waals surface area contributed by atoms with E-state index in [1.807, 2.05) is 13.8 Å². The van der Waals surface area contributed by atoms with Crippen molar-refractivity contribution in [2.24, 2.45) is 5.92 Å². The molecule has 1 amide bonds. The van der Waals surface area contributed by atoms with Crippen LogP contribution in [0.5, 0.6) is 11.5 Å². The number of hydrogen-bond acceptors (Lipinski definition) is 5. The van der Waals surface area contributed by atoms with Gasteiger partial charge >= 0.3 is 5.97 Å². The van der Waals surface area contributed by atoms with Gasteiger partial charge in [0.25, 0.3) is 5.91 Å². The zero-order chi connectivity index (χ0) is 20.7. The molecule has 2 rings (SSSR count). The second kappa shape index (κ2) is 9.73. The van der Waals surface area contributed by atoms with Gasteiger partial charge in [0, 0.05) is 5.69 Å². The van der Waals surface area contributed by atoms with E-state index in [1.165, 1.54) is 50.4 Å². The summed E-state index contributed by atoms with van der Waals surface area (Å²) in [5.74, 6) is -0.476. The monoisotopic (exact) mass is 389 g/mol. The van der Waals surface area contributed by atoms with E-state index in [4.69, 9.17) is 14.2 Å². The predicted molar refractivity (Wildman–Crippen MR) is 103 cm³/mol. The summed E-state index contributed by atoms with van der Waals surface area (Å²) in [6.45, 7) is 5.99. The smallest absolute Gasteiger partial charge is 0.339 e. The van der Waals surface area contributed by atoms with Crippen LogP contribution in [-0.4, -0.2) is 31.7 Å². The lowest BCUT2D eigenvalue weighted by Crippen LogP contribution is -2.30. The Kier molecular flexibility index (Phi) is 7.37. The number of methoxy groups -OCH3 is 1. The molecule has 0 aliphatic rings. The lowest BCUT2D eigenvalue weighted by molar-refractivity contribution is -0.123. The highest BCUT2D eigenvalue weighted by molar-refractivity contribution is 5.97. The van der Waals surface area contributed by atoms with Crippen LogP contribution >= 0.6 is 0 Å². The Hall–Kier alpha value is -3.09. The number of rotatable bonds is 8. The minimum atomic E-state index is -1.07. The first kappa shape index (κ1) is 21.2. The summed E-state index contributed by atoms with van der Waals surface area (Å²) in [6.07, 6.45) is -1.07. The standard InChI is InChI=1S/C21H24FNO5/c1-13(2)12-27-18-9-8-15(10-19(18)26-4)21(25)28-14(3)20(24)23-17-7-5-6-16(22)11-17/h5-11,13-14H,12H2,1-4H3,(H,23,24)/t14-/m1/s1. The molecule has 0 aromatic heterocycles. The Morgan fingerprint density at radius 3 is 2.46 bits per heavy atom. The molecule has 0 fully saturated rings. The topological polar surface area (TPSA) is 73.9 Å². The molecule has 1 atom stereocenters. The van der Waals surface area contributed by atoms with Crippen molar-refractivity contribution >= 4 is 17.6 Å². The zero-order valence-electron chi connectivity index (χ0n) is 16.3. The first-order chi connectivity index (χ1) is 13.3. The van der Waals surface area contributed by atoms with Gasteiger partial charge in [-0.3, -0.25) is 4.79 Å². The SMILES string of the molecule is COc1cc(C(=O)O[C@H](C)C(=O)Nc2cccc(F)c2)ccc1OCC(C)C. The van der Waals surface area contributed by atoms with Crippen molar-refractivity contribution in [1.29, 1.82) is 0 Å². The second-order valence-electron chi connectivity index (χ2n) is 6.62. The van der Waals surface area contributed by atoms with E-state index in [0.29, 0.717) is 24.0 Å². The van der Waals surface area contributed by atoms with Crippen LogP contribution in [-0.2, 0) is 9.53 Å². The number of ether oxygens (including phenoxy) is 3. The summed E-state index contributed by atoms with van der Waals surface area (Å²) in [5.41, 5.74) is 0.500. The van der Waals surface area contributed by atoms with Gasteiger partial charge in [-0.15, -0.1) is 0 Å². The Morgan fingerprint density at radius 2 is 1.82 bits per heavy atom. The highest BCUT2D eigenvalue weighted by Crippen LogP contribution is 2.29. The molecule has 0 bridgehead atoms. The predicted octanol–water partition coefficient (Wildman–Crippen LogP) is 4.05. The van der Waals surface area contributed by atoms with Crippen LogP contribution < -0.4 is 14.8 Å². The molecule has 0 aliphatic heterocycles. The summed E-state index contributed by atoms with van der Waals surface area (Å²) in [6, 6.07) is 10.1. The summed E-state index contributed by atoms with van der Waals surface area (Å²) in [5, 5.41) is 2.50. The van der Waals surface area contributed by atoms with Gasteiger partial charge in [0.15, 0.2) is 17.6 Å². The van der Waals surface area contributed by atoms with Gasteiger partial charge in [-0.25, -0.2) is 9.18 Å². The summed E-state index contributed by atoms with van der Waals surface area (Å²) >= 11 is 0. The molecule has 28 heavy (non-hydrogen) atoms. The largest absolute Gasteiger partial charge is 0.493 e. The number of carbonyl (C=O) groups is 2. The molecule has 2 aromatic rings. The fraction of sp³-hybridized carbons (Fsp3) is 0.333.